The van der Waals surface area contributed by atoms with Crippen LogP contribution in [0.5, 0.6) is 0 Å². The number of rotatable bonds is 0. The average Bonchev–Trinajstić information content (AvgIpc) is 1.61. The summed E-state index contributed by atoms with van der Waals surface area (Å²) in [6, 6.07) is 0. The van der Waals surface area contributed by atoms with Crippen LogP contribution in [0.4, 0.5) is 0 Å². The summed E-state index contributed by atoms with van der Waals surface area (Å²) in [6.45, 7) is 0. The molecule has 1 fully saturated rings. The maximum absolute atomic E-state index is 4.20. The van der Waals surface area contributed by atoms with Crippen molar-refractivity contribution < 1.29 is 0 Å². The van der Waals surface area contributed by atoms with Crippen molar-refractivity contribution >= 4 is 25.3 Å². The summed E-state index contributed by atoms with van der Waals surface area (Å²) < 4.78 is 0. The van der Waals surface area contributed by atoms with Crippen molar-refractivity contribution in [3.63, 3.8) is 0 Å². The summed E-state index contributed by atoms with van der Waals surface area (Å²) in [7, 11) is 0. The minimum atomic E-state index is 0.591. The molecule has 0 aromatic rings. The minimum Gasteiger partial charge on any atom is -0.175 e. The first-order valence-corrected chi connectivity index (χ1v) is 3.20. The van der Waals surface area contributed by atoms with Gasteiger partial charge >= 0.3 is 0 Å². The molecule has 0 unspecified atom stereocenters. The monoisotopic (exact) mass is 120 g/mol. The molecular weight excluding hydrogens is 112 g/mol. The second kappa shape index (κ2) is 1.66. The highest BCUT2D eigenvalue weighted by Crippen LogP contribution is 2.29. The lowest BCUT2D eigenvalue weighted by Crippen LogP contribution is -2.26. The van der Waals surface area contributed by atoms with Gasteiger partial charge in [-0.15, -0.1) is 0 Å². The maximum atomic E-state index is 4.20. The predicted octanol–water partition coefficient (Wildman–Crippen LogP) is 1.38. The summed E-state index contributed by atoms with van der Waals surface area (Å²) in [6.07, 6.45) is 2.52. The van der Waals surface area contributed by atoms with E-state index in [-0.39, 0.29) is 0 Å². The summed E-state index contributed by atoms with van der Waals surface area (Å²) in [4.78, 5) is 0. The van der Waals surface area contributed by atoms with E-state index in [0.717, 1.165) is 0 Å². The number of hydrogen-bond donors (Lipinski definition) is 2. The molecule has 1 saturated carbocycles. The van der Waals surface area contributed by atoms with Crippen LogP contribution in [0.2, 0.25) is 0 Å². The van der Waals surface area contributed by atoms with Gasteiger partial charge in [0.2, 0.25) is 0 Å². The Morgan fingerprint density at radius 1 is 1.00 bits per heavy atom. The Labute approximate surface area is 49.1 Å². The fourth-order valence-corrected chi connectivity index (χ4v) is 1.06. The van der Waals surface area contributed by atoms with Crippen molar-refractivity contribution in [2.24, 2.45) is 0 Å². The summed E-state index contributed by atoms with van der Waals surface area (Å²) in [5, 5.41) is 1.18. The molecule has 1 aliphatic rings. The molecule has 0 bridgehead atoms. The van der Waals surface area contributed by atoms with Gasteiger partial charge in [0.1, 0.15) is 0 Å². The van der Waals surface area contributed by atoms with Crippen LogP contribution in [0, 0.1) is 0 Å². The average molecular weight is 120 g/mol. The van der Waals surface area contributed by atoms with Gasteiger partial charge in [0.05, 0.1) is 0 Å². The molecular formula is C4H8S2. The Morgan fingerprint density at radius 3 is 1.33 bits per heavy atom. The van der Waals surface area contributed by atoms with Gasteiger partial charge in [-0.3, -0.25) is 0 Å². The van der Waals surface area contributed by atoms with Crippen LogP contribution in [-0.4, -0.2) is 10.5 Å². The van der Waals surface area contributed by atoms with Gasteiger partial charge in [0.25, 0.3) is 0 Å². The Morgan fingerprint density at radius 2 is 1.33 bits per heavy atom. The lowest BCUT2D eigenvalue weighted by molar-refractivity contribution is 0.546. The molecule has 6 heavy (non-hydrogen) atoms. The van der Waals surface area contributed by atoms with Crippen molar-refractivity contribution in [1.82, 2.24) is 0 Å². The topological polar surface area (TPSA) is 0 Å². The van der Waals surface area contributed by atoms with Crippen molar-refractivity contribution in [3.05, 3.63) is 0 Å². The van der Waals surface area contributed by atoms with E-state index in [4.69, 9.17) is 0 Å². The first kappa shape index (κ1) is 4.85. The lowest BCUT2D eigenvalue weighted by atomic mass is 9.99. The van der Waals surface area contributed by atoms with Gasteiger partial charge in [0.15, 0.2) is 0 Å². The molecule has 1 aliphatic carbocycles. The van der Waals surface area contributed by atoms with Crippen molar-refractivity contribution in [2.45, 2.75) is 23.3 Å². The zero-order valence-electron chi connectivity index (χ0n) is 3.46. The van der Waals surface area contributed by atoms with Crippen molar-refractivity contribution in [3.8, 4) is 0 Å². The molecule has 36 valence electrons. The Balaban J connectivity index is 2.20. The Hall–Kier alpha value is 0.700. The normalized spacial score (nSPS) is 45.0. The molecule has 0 nitrogen and oxygen atoms in total. The van der Waals surface area contributed by atoms with Crippen LogP contribution in [0.3, 0.4) is 0 Å². The molecule has 0 aromatic heterocycles. The molecule has 0 saturated heterocycles. The number of thiol groups is 2. The highest BCUT2D eigenvalue weighted by atomic mass is 32.1. The van der Waals surface area contributed by atoms with Gasteiger partial charge in [0, 0.05) is 10.5 Å². The van der Waals surface area contributed by atoms with Gasteiger partial charge in [-0.2, -0.15) is 25.3 Å². The second-order valence-corrected chi connectivity index (χ2v) is 3.04. The predicted molar refractivity (Wildman–Crippen MR) is 34.8 cm³/mol. The zero-order chi connectivity index (χ0) is 4.57. The summed E-state index contributed by atoms with van der Waals surface area (Å²) in [5.74, 6) is 0. The quantitative estimate of drug-likeness (QED) is 0.443. The van der Waals surface area contributed by atoms with E-state index in [1.54, 1.807) is 0 Å². The van der Waals surface area contributed by atoms with Crippen LogP contribution in [-0.2, 0) is 0 Å². The Bertz CT molecular complexity index is 45.5. The second-order valence-electron chi connectivity index (χ2n) is 1.71. The van der Waals surface area contributed by atoms with Crippen molar-refractivity contribution in [2.75, 3.05) is 0 Å². The van der Waals surface area contributed by atoms with E-state index in [1.165, 1.54) is 12.8 Å². The first-order valence-electron chi connectivity index (χ1n) is 2.17. The highest BCUT2D eigenvalue weighted by molar-refractivity contribution is 7.85. The highest BCUT2D eigenvalue weighted by Gasteiger charge is 2.22. The molecule has 0 amide bonds. The molecule has 0 N–H and O–H groups in total. The molecule has 0 aromatic carbocycles. The largest absolute Gasteiger partial charge is 0.175 e. The van der Waals surface area contributed by atoms with Crippen LogP contribution >= 0.6 is 25.3 Å². The van der Waals surface area contributed by atoms with Crippen molar-refractivity contribution in [1.29, 1.82) is 0 Å². The SMILES string of the molecule is S[C@@H]1CC[C@H]1S. The van der Waals surface area contributed by atoms with Gasteiger partial charge in [-0.05, 0) is 12.8 Å². The van der Waals surface area contributed by atoms with Crippen LogP contribution < -0.4 is 0 Å². The molecule has 0 aliphatic heterocycles. The van der Waals surface area contributed by atoms with E-state index >= 15 is 0 Å². The fourth-order valence-electron chi connectivity index (χ4n) is 0.465. The van der Waals surface area contributed by atoms with E-state index in [2.05, 4.69) is 25.3 Å². The molecule has 2 heteroatoms. The van der Waals surface area contributed by atoms with Crippen LogP contribution in [0.15, 0.2) is 0 Å². The van der Waals surface area contributed by atoms with Crippen LogP contribution in [0.1, 0.15) is 12.8 Å². The third-order valence-corrected chi connectivity index (χ3v) is 2.67. The Kier molecular flexibility index (Phi) is 1.34. The first-order chi connectivity index (χ1) is 2.80. The van der Waals surface area contributed by atoms with Gasteiger partial charge < -0.3 is 0 Å². The van der Waals surface area contributed by atoms with Crippen LogP contribution in [0.25, 0.3) is 0 Å². The molecule has 0 spiro atoms. The molecule has 1 rings (SSSR count). The number of hydrogen-bond acceptors (Lipinski definition) is 2. The standard InChI is InChI=1S/C4H8S2/c5-3-1-2-4(3)6/h3-6H,1-2H2/t3-,4-/m1/s1. The van der Waals surface area contributed by atoms with E-state index in [1.807, 2.05) is 0 Å². The summed E-state index contributed by atoms with van der Waals surface area (Å²) in [5.41, 5.74) is 0. The fraction of sp³-hybridized carbons (Fsp3) is 1.00. The minimum absolute atomic E-state index is 0.591. The van der Waals surface area contributed by atoms with E-state index in [9.17, 15) is 0 Å². The molecule has 2 atom stereocenters. The van der Waals surface area contributed by atoms with E-state index in [0.29, 0.717) is 10.5 Å². The third kappa shape index (κ3) is 0.684. The molecule has 0 radical (unpaired) electrons. The maximum Gasteiger partial charge on any atom is 0.0134 e. The smallest absolute Gasteiger partial charge is 0.0134 e. The lowest BCUT2D eigenvalue weighted by Gasteiger charge is -2.27. The van der Waals surface area contributed by atoms with Gasteiger partial charge in [-0.1, -0.05) is 0 Å². The summed E-state index contributed by atoms with van der Waals surface area (Å²) >= 11 is 8.41. The van der Waals surface area contributed by atoms with Gasteiger partial charge in [-0.25, -0.2) is 0 Å². The third-order valence-electron chi connectivity index (χ3n) is 1.20. The zero-order valence-corrected chi connectivity index (χ0v) is 5.25. The molecule has 0 heterocycles. The van der Waals surface area contributed by atoms with E-state index < -0.39 is 0 Å².